The van der Waals surface area contributed by atoms with E-state index >= 15 is 0 Å². The molecule has 1 rings (SSSR count). The highest BCUT2D eigenvalue weighted by Crippen LogP contribution is 2.09. The maximum atomic E-state index is 9.46. The third-order valence-corrected chi connectivity index (χ3v) is 2.41. The molecular formula is C10H17N3O. The molecule has 1 aromatic rings. The summed E-state index contributed by atoms with van der Waals surface area (Å²) in [6.07, 6.45) is 4.63. The van der Waals surface area contributed by atoms with Gasteiger partial charge in [-0.25, -0.2) is 9.97 Å². The molecule has 1 atom stereocenters. The van der Waals surface area contributed by atoms with E-state index in [0.717, 1.165) is 5.56 Å². The Labute approximate surface area is 84.4 Å². The molecule has 0 aliphatic rings. The fraction of sp³-hybridized carbons (Fsp3) is 0.600. The molecule has 4 heteroatoms. The average molecular weight is 195 g/mol. The Balaban J connectivity index is 2.49. The molecule has 1 heterocycles. The normalized spacial score (nSPS) is 14.0. The summed E-state index contributed by atoms with van der Waals surface area (Å²) >= 11 is 0. The van der Waals surface area contributed by atoms with Crippen LogP contribution >= 0.6 is 0 Å². The number of aliphatic hydroxyl groups is 1. The van der Waals surface area contributed by atoms with Gasteiger partial charge in [0.25, 0.3) is 0 Å². The van der Waals surface area contributed by atoms with Gasteiger partial charge in [0, 0.05) is 30.0 Å². The van der Waals surface area contributed by atoms with Gasteiger partial charge in [-0.05, 0) is 20.8 Å². The summed E-state index contributed by atoms with van der Waals surface area (Å²) in [4.78, 5) is 7.83. The van der Waals surface area contributed by atoms with Crippen LogP contribution in [0.5, 0.6) is 0 Å². The number of rotatable bonds is 4. The second-order valence-electron chi connectivity index (χ2n) is 4.00. The highest BCUT2D eigenvalue weighted by molar-refractivity contribution is 5.02. The van der Waals surface area contributed by atoms with Gasteiger partial charge in [-0.15, -0.1) is 0 Å². The molecule has 0 radical (unpaired) electrons. The quantitative estimate of drug-likeness (QED) is 0.743. The minimum atomic E-state index is -0.396. The average Bonchev–Trinajstić information content (AvgIpc) is 2.16. The lowest BCUT2D eigenvalue weighted by molar-refractivity contribution is 0.0956. The van der Waals surface area contributed by atoms with E-state index in [0.29, 0.717) is 6.54 Å². The first-order valence-electron chi connectivity index (χ1n) is 4.69. The van der Waals surface area contributed by atoms with Crippen LogP contribution in [0, 0.1) is 0 Å². The smallest absolute Gasteiger partial charge is 0.115 e. The molecule has 0 aliphatic carbocycles. The van der Waals surface area contributed by atoms with Crippen molar-refractivity contribution in [2.24, 2.45) is 0 Å². The minimum Gasteiger partial charge on any atom is -0.392 e. The van der Waals surface area contributed by atoms with Crippen molar-refractivity contribution in [3.8, 4) is 0 Å². The molecule has 0 fully saturated rings. The molecule has 0 aromatic carbocycles. The topological polar surface area (TPSA) is 58.0 Å². The van der Waals surface area contributed by atoms with Crippen molar-refractivity contribution >= 4 is 0 Å². The lowest BCUT2D eigenvalue weighted by atomic mass is 9.98. The molecule has 2 N–H and O–H groups in total. The second kappa shape index (κ2) is 4.48. The molecule has 0 saturated carbocycles. The van der Waals surface area contributed by atoms with E-state index in [1.807, 2.05) is 13.8 Å². The molecule has 0 aliphatic heterocycles. The molecular weight excluding hydrogens is 178 g/mol. The van der Waals surface area contributed by atoms with Crippen molar-refractivity contribution < 1.29 is 5.11 Å². The van der Waals surface area contributed by atoms with E-state index in [9.17, 15) is 5.11 Å². The van der Waals surface area contributed by atoms with Crippen LogP contribution in [0.1, 0.15) is 26.3 Å². The van der Waals surface area contributed by atoms with E-state index in [1.54, 1.807) is 19.3 Å². The summed E-state index contributed by atoms with van der Waals surface area (Å²) in [7, 11) is 0. The Kier molecular flexibility index (Phi) is 3.55. The summed E-state index contributed by atoms with van der Waals surface area (Å²) in [5, 5.41) is 12.7. The maximum absolute atomic E-state index is 9.46. The first-order chi connectivity index (χ1) is 6.52. The molecule has 0 amide bonds. The van der Waals surface area contributed by atoms with Crippen molar-refractivity contribution in [3.63, 3.8) is 0 Å². The molecule has 78 valence electrons. The van der Waals surface area contributed by atoms with Gasteiger partial charge >= 0.3 is 0 Å². The van der Waals surface area contributed by atoms with E-state index in [2.05, 4.69) is 15.3 Å². The zero-order valence-corrected chi connectivity index (χ0v) is 8.86. The Bertz CT molecular complexity index is 272. The van der Waals surface area contributed by atoms with Crippen LogP contribution in [0.4, 0.5) is 0 Å². The summed E-state index contributed by atoms with van der Waals surface area (Å²) in [6.45, 7) is 6.36. The van der Waals surface area contributed by atoms with Gasteiger partial charge in [0.1, 0.15) is 6.33 Å². The van der Waals surface area contributed by atoms with Gasteiger partial charge in [-0.1, -0.05) is 0 Å². The first kappa shape index (κ1) is 11.1. The van der Waals surface area contributed by atoms with Crippen LogP contribution in [0.2, 0.25) is 0 Å². The SMILES string of the molecule is CC(O)C(C)(C)NCc1cncnc1. The van der Waals surface area contributed by atoms with Crippen LogP contribution in [-0.4, -0.2) is 26.7 Å². The largest absolute Gasteiger partial charge is 0.392 e. The minimum absolute atomic E-state index is 0.296. The Hall–Kier alpha value is -1.00. The monoisotopic (exact) mass is 195 g/mol. The van der Waals surface area contributed by atoms with Crippen LogP contribution in [0.15, 0.2) is 18.7 Å². The highest BCUT2D eigenvalue weighted by atomic mass is 16.3. The molecule has 1 aromatic heterocycles. The van der Waals surface area contributed by atoms with E-state index in [-0.39, 0.29) is 5.54 Å². The number of aliphatic hydroxyl groups excluding tert-OH is 1. The fourth-order valence-electron chi connectivity index (χ4n) is 0.899. The van der Waals surface area contributed by atoms with Crippen LogP contribution in [-0.2, 0) is 6.54 Å². The van der Waals surface area contributed by atoms with Gasteiger partial charge in [-0.2, -0.15) is 0 Å². The van der Waals surface area contributed by atoms with E-state index in [1.165, 1.54) is 6.33 Å². The maximum Gasteiger partial charge on any atom is 0.115 e. The molecule has 0 spiro atoms. The number of nitrogens with one attached hydrogen (secondary N) is 1. The van der Waals surface area contributed by atoms with Crippen LogP contribution in [0.25, 0.3) is 0 Å². The third-order valence-electron chi connectivity index (χ3n) is 2.41. The fourth-order valence-corrected chi connectivity index (χ4v) is 0.899. The molecule has 14 heavy (non-hydrogen) atoms. The molecule has 4 nitrogen and oxygen atoms in total. The lowest BCUT2D eigenvalue weighted by Gasteiger charge is -2.29. The van der Waals surface area contributed by atoms with E-state index < -0.39 is 6.10 Å². The zero-order chi connectivity index (χ0) is 10.6. The van der Waals surface area contributed by atoms with Crippen LogP contribution in [0.3, 0.4) is 0 Å². The van der Waals surface area contributed by atoms with Gasteiger partial charge < -0.3 is 10.4 Å². The third kappa shape index (κ3) is 3.05. The van der Waals surface area contributed by atoms with E-state index in [4.69, 9.17) is 0 Å². The van der Waals surface area contributed by atoms with Crippen LogP contribution < -0.4 is 5.32 Å². The highest BCUT2D eigenvalue weighted by Gasteiger charge is 2.22. The number of hydrogen-bond donors (Lipinski definition) is 2. The predicted octanol–water partition coefficient (Wildman–Crippen LogP) is 0.726. The Morgan fingerprint density at radius 2 is 2.00 bits per heavy atom. The van der Waals surface area contributed by atoms with Gasteiger partial charge in [0.05, 0.1) is 6.10 Å². The van der Waals surface area contributed by atoms with Gasteiger partial charge in [0.2, 0.25) is 0 Å². The predicted molar refractivity (Wildman–Crippen MR) is 54.6 cm³/mol. The Morgan fingerprint density at radius 3 is 2.50 bits per heavy atom. The van der Waals surface area contributed by atoms with Crippen molar-refractivity contribution in [1.29, 1.82) is 0 Å². The standard InChI is InChI=1S/C10H17N3O/c1-8(14)10(2,3)13-6-9-4-11-7-12-5-9/h4-5,7-8,13-14H,6H2,1-3H3. The second-order valence-corrected chi connectivity index (χ2v) is 4.00. The lowest BCUT2D eigenvalue weighted by Crippen LogP contribution is -2.47. The molecule has 0 saturated heterocycles. The number of aromatic nitrogens is 2. The van der Waals surface area contributed by atoms with Gasteiger partial charge in [-0.3, -0.25) is 0 Å². The summed E-state index contributed by atoms with van der Waals surface area (Å²) in [6, 6.07) is 0. The Morgan fingerprint density at radius 1 is 1.43 bits per heavy atom. The number of nitrogens with zero attached hydrogens (tertiary/aromatic N) is 2. The molecule has 0 bridgehead atoms. The van der Waals surface area contributed by atoms with Crippen molar-refractivity contribution in [3.05, 3.63) is 24.3 Å². The van der Waals surface area contributed by atoms with Crippen molar-refractivity contribution in [2.45, 2.75) is 39.0 Å². The van der Waals surface area contributed by atoms with Crippen molar-refractivity contribution in [1.82, 2.24) is 15.3 Å². The number of hydrogen-bond acceptors (Lipinski definition) is 4. The zero-order valence-electron chi connectivity index (χ0n) is 8.86. The van der Waals surface area contributed by atoms with Crippen molar-refractivity contribution in [2.75, 3.05) is 0 Å². The molecule has 1 unspecified atom stereocenters. The first-order valence-corrected chi connectivity index (χ1v) is 4.69. The summed E-state index contributed by atoms with van der Waals surface area (Å²) in [5.41, 5.74) is 0.719. The van der Waals surface area contributed by atoms with Gasteiger partial charge in [0.15, 0.2) is 0 Å². The summed E-state index contributed by atoms with van der Waals surface area (Å²) in [5.74, 6) is 0. The summed E-state index contributed by atoms with van der Waals surface area (Å²) < 4.78 is 0.